The first-order chi connectivity index (χ1) is 14.8. The summed E-state index contributed by atoms with van der Waals surface area (Å²) in [5.41, 5.74) is 1.96. The van der Waals surface area contributed by atoms with E-state index in [1.54, 1.807) is 16.7 Å². The van der Waals surface area contributed by atoms with Gasteiger partial charge in [0.15, 0.2) is 0 Å². The highest BCUT2D eigenvalue weighted by Gasteiger charge is 2.53. The number of fused-ring (bicyclic) bond motifs is 3. The van der Waals surface area contributed by atoms with Gasteiger partial charge in [0.1, 0.15) is 17.0 Å². The predicted octanol–water partition coefficient (Wildman–Crippen LogP) is 2.57. The molecule has 4 aliphatic rings. The Hall–Kier alpha value is -2.41. The largest absolute Gasteiger partial charge is 0.350 e. The van der Waals surface area contributed by atoms with Crippen molar-refractivity contribution in [2.45, 2.75) is 46.1 Å². The zero-order valence-electron chi connectivity index (χ0n) is 18.7. The summed E-state index contributed by atoms with van der Waals surface area (Å²) in [6, 6.07) is 5.74. The lowest BCUT2D eigenvalue weighted by Gasteiger charge is -2.60. The molecule has 7 nitrogen and oxygen atoms in total. The van der Waals surface area contributed by atoms with Gasteiger partial charge in [0.2, 0.25) is 0 Å². The number of aromatic nitrogens is 2. The highest BCUT2D eigenvalue weighted by Crippen LogP contribution is 2.61. The van der Waals surface area contributed by atoms with Crippen LogP contribution in [0, 0.1) is 23.2 Å². The number of hydrogen-bond acceptors (Lipinski definition) is 4. The number of rotatable bonds is 4. The second kappa shape index (κ2) is 7.62. The number of carbonyl (C=O) groups is 2. The molecule has 1 aliphatic heterocycles. The van der Waals surface area contributed by atoms with Gasteiger partial charge < -0.3 is 15.5 Å². The number of imidazole rings is 1. The molecular weight excluding hydrogens is 390 g/mol. The van der Waals surface area contributed by atoms with E-state index in [1.807, 2.05) is 17.0 Å². The molecule has 0 unspecified atom stereocenters. The molecule has 0 spiro atoms. The third-order valence-electron chi connectivity index (χ3n) is 8.13. The van der Waals surface area contributed by atoms with Gasteiger partial charge in [-0.3, -0.25) is 14.0 Å². The van der Waals surface area contributed by atoms with E-state index < -0.39 is 0 Å². The number of amides is 2. The molecule has 31 heavy (non-hydrogen) atoms. The van der Waals surface area contributed by atoms with E-state index in [2.05, 4.69) is 36.4 Å². The van der Waals surface area contributed by atoms with Crippen molar-refractivity contribution in [3.63, 3.8) is 0 Å². The van der Waals surface area contributed by atoms with Crippen LogP contribution < -0.4 is 10.6 Å². The third-order valence-corrected chi connectivity index (χ3v) is 8.13. The summed E-state index contributed by atoms with van der Waals surface area (Å²) in [6.07, 6.45) is 5.49. The summed E-state index contributed by atoms with van der Waals surface area (Å²) in [5, 5.41) is 6.52. The number of carbonyl (C=O) groups excluding carboxylic acids is 2. The average molecular weight is 424 g/mol. The average Bonchev–Trinajstić information content (AvgIpc) is 3.21. The second-order valence-electron chi connectivity index (χ2n) is 10.3. The van der Waals surface area contributed by atoms with E-state index in [1.165, 1.54) is 19.3 Å². The summed E-state index contributed by atoms with van der Waals surface area (Å²) >= 11 is 0. The summed E-state index contributed by atoms with van der Waals surface area (Å²) in [7, 11) is 0. The lowest BCUT2D eigenvalue weighted by molar-refractivity contribution is -0.103. The van der Waals surface area contributed by atoms with Gasteiger partial charge in [0, 0.05) is 38.4 Å². The maximum Gasteiger partial charge on any atom is 0.274 e. The number of nitrogens with zero attached hydrogens (tertiary/aromatic N) is 3. The maximum absolute atomic E-state index is 13.0. The van der Waals surface area contributed by atoms with Gasteiger partial charge in [-0.25, -0.2) is 4.98 Å². The van der Waals surface area contributed by atoms with Gasteiger partial charge in [0.05, 0.1) is 0 Å². The smallest absolute Gasteiger partial charge is 0.274 e. The first kappa shape index (κ1) is 20.5. The molecule has 2 aromatic heterocycles. The van der Waals surface area contributed by atoms with Crippen LogP contribution in [0.4, 0.5) is 0 Å². The molecule has 4 fully saturated rings. The van der Waals surface area contributed by atoms with Crippen LogP contribution in [-0.4, -0.2) is 58.3 Å². The Morgan fingerprint density at radius 2 is 2.13 bits per heavy atom. The Bertz CT molecular complexity index is 1010. The Labute approximate surface area is 183 Å². The summed E-state index contributed by atoms with van der Waals surface area (Å²) in [5.74, 6) is 1.95. The van der Waals surface area contributed by atoms with Crippen molar-refractivity contribution in [2.75, 3.05) is 26.2 Å². The SMILES string of the molecule is C[C@H]1CN(C(=O)c2cn3c(C(=O)NC[C@@H]4CC[C@H]5C[C@H]4C5(C)C)cccc3n2)CCN1. The van der Waals surface area contributed by atoms with Crippen LogP contribution in [0.25, 0.3) is 5.65 Å². The van der Waals surface area contributed by atoms with Gasteiger partial charge in [0.25, 0.3) is 11.8 Å². The van der Waals surface area contributed by atoms with E-state index in [9.17, 15) is 9.59 Å². The van der Waals surface area contributed by atoms with Crippen LogP contribution in [0.3, 0.4) is 0 Å². The molecule has 6 rings (SSSR count). The highest BCUT2D eigenvalue weighted by atomic mass is 16.2. The zero-order chi connectivity index (χ0) is 21.8. The van der Waals surface area contributed by atoms with Crippen LogP contribution in [0.5, 0.6) is 0 Å². The molecule has 2 amide bonds. The van der Waals surface area contributed by atoms with Crippen LogP contribution in [-0.2, 0) is 0 Å². The second-order valence-corrected chi connectivity index (χ2v) is 10.3. The topological polar surface area (TPSA) is 78.7 Å². The Kier molecular flexibility index (Phi) is 5.04. The number of piperazine rings is 1. The van der Waals surface area contributed by atoms with Crippen molar-refractivity contribution in [1.29, 1.82) is 0 Å². The van der Waals surface area contributed by atoms with Crippen LogP contribution >= 0.6 is 0 Å². The zero-order valence-corrected chi connectivity index (χ0v) is 18.7. The Balaban J connectivity index is 1.30. The minimum Gasteiger partial charge on any atom is -0.350 e. The molecule has 0 radical (unpaired) electrons. The molecular formula is C24H33N5O2. The highest BCUT2D eigenvalue weighted by molar-refractivity contribution is 5.95. The normalized spacial score (nSPS) is 29.5. The quantitative estimate of drug-likeness (QED) is 0.792. The molecule has 3 aliphatic carbocycles. The Morgan fingerprint density at radius 3 is 2.87 bits per heavy atom. The van der Waals surface area contributed by atoms with Crippen molar-refractivity contribution in [3.05, 3.63) is 35.8 Å². The van der Waals surface area contributed by atoms with Crippen molar-refractivity contribution in [1.82, 2.24) is 24.9 Å². The van der Waals surface area contributed by atoms with Gasteiger partial charge >= 0.3 is 0 Å². The lowest BCUT2D eigenvalue weighted by Crippen LogP contribution is -2.54. The molecule has 4 atom stereocenters. The van der Waals surface area contributed by atoms with Crippen LogP contribution in [0.2, 0.25) is 0 Å². The summed E-state index contributed by atoms with van der Waals surface area (Å²) in [6.45, 7) is 9.67. The monoisotopic (exact) mass is 423 g/mol. The van der Waals surface area contributed by atoms with E-state index in [-0.39, 0.29) is 17.9 Å². The molecule has 3 saturated carbocycles. The Morgan fingerprint density at radius 1 is 1.29 bits per heavy atom. The van der Waals surface area contributed by atoms with E-state index in [4.69, 9.17) is 0 Å². The first-order valence-electron chi connectivity index (χ1n) is 11.6. The molecule has 7 heteroatoms. The van der Waals surface area contributed by atoms with Crippen molar-refractivity contribution in [2.24, 2.45) is 23.2 Å². The molecule has 2 aromatic rings. The molecule has 1 saturated heterocycles. The first-order valence-corrected chi connectivity index (χ1v) is 11.6. The molecule has 166 valence electrons. The van der Waals surface area contributed by atoms with Gasteiger partial charge in [-0.2, -0.15) is 0 Å². The summed E-state index contributed by atoms with van der Waals surface area (Å²) < 4.78 is 1.75. The number of hydrogen-bond donors (Lipinski definition) is 2. The minimum atomic E-state index is -0.1000. The third kappa shape index (κ3) is 3.53. The predicted molar refractivity (Wildman–Crippen MR) is 119 cm³/mol. The molecule has 3 heterocycles. The maximum atomic E-state index is 13.0. The number of pyridine rings is 1. The summed E-state index contributed by atoms with van der Waals surface area (Å²) in [4.78, 5) is 32.3. The lowest BCUT2D eigenvalue weighted by atomic mass is 9.45. The standard InChI is InChI=1S/C24H33N5O2/c1-15-13-28(10-9-25-15)23(31)19-14-29-20(5-4-6-21(29)27-19)22(30)26-12-16-7-8-17-11-18(16)24(17,2)3/h4-6,14-18,25H,7-13H2,1-3H3,(H,26,30)/t15-,16-,17-,18+/m0/s1. The molecule has 2 bridgehead atoms. The van der Waals surface area contributed by atoms with Gasteiger partial charge in [-0.1, -0.05) is 19.9 Å². The van der Waals surface area contributed by atoms with E-state index in [0.717, 1.165) is 19.0 Å². The fourth-order valence-corrected chi connectivity index (χ4v) is 6.10. The molecule has 0 aromatic carbocycles. The number of nitrogens with one attached hydrogen (secondary N) is 2. The van der Waals surface area contributed by atoms with Crippen molar-refractivity contribution >= 4 is 17.5 Å². The molecule has 2 N–H and O–H groups in total. The van der Waals surface area contributed by atoms with Crippen LogP contribution in [0.15, 0.2) is 24.4 Å². The van der Waals surface area contributed by atoms with Crippen LogP contribution in [0.1, 0.15) is 61.0 Å². The van der Waals surface area contributed by atoms with Gasteiger partial charge in [-0.05, 0) is 61.5 Å². The van der Waals surface area contributed by atoms with Crippen molar-refractivity contribution in [3.8, 4) is 0 Å². The minimum absolute atomic E-state index is 0.0765. The van der Waals surface area contributed by atoms with Gasteiger partial charge in [-0.15, -0.1) is 0 Å². The fraction of sp³-hybridized carbons (Fsp3) is 0.625. The van der Waals surface area contributed by atoms with E-state index in [0.29, 0.717) is 47.4 Å². The fourth-order valence-electron chi connectivity index (χ4n) is 6.10. The van der Waals surface area contributed by atoms with E-state index >= 15 is 0 Å². The van der Waals surface area contributed by atoms with Crippen molar-refractivity contribution < 1.29 is 9.59 Å².